The SMILES string of the molecule is CN(C)CCNc1nc(NCc2cccc(Br)c2)cc(-c2cccnc2)n1. The molecule has 0 saturated heterocycles. The lowest BCUT2D eigenvalue weighted by atomic mass is 10.2. The highest BCUT2D eigenvalue weighted by atomic mass is 79.9. The Morgan fingerprint density at radius 3 is 2.67 bits per heavy atom. The van der Waals surface area contributed by atoms with Gasteiger partial charge in [0.15, 0.2) is 0 Å². The molecular formula is C20H23BrN6. The molecular weight excluding hydrogens is 404 g/mol. The molecule has 0 aliphatic heterocycles. The molecule has 0 atom stereocenters. The van der Waals surface area contributed by atoms with Crippen LogP contribution in [0, 0.1) is 0 Å². The van der Waals surface area contributed by atoms with Gasteiger partial charge < -0.3 is 15.5 Å². The third kappa shape index (κ3) is 6.01. The van der Waals surface area contributed by atoms with Gasteiger partial charge in [-0.15, -0.1) is 0 Å². The fourth-order valence-electron chi connectivity index (χ4n) is 2.51. The van der Waals surface area contributed by atoms with Crippen molar-refractivity contribution in [3.05, 3.63) is 64.9 Å². The first-order chi connectivity index (χ1) is 13.1. The molecule has 3 rings (SSSR count). The van der Waals surface area contributed by atoms with Crippen LogP contribution in [0.5, 0.6) is 0 Å². The van der Waals surface area contributed by atoms with Crippen molar-refractivity contribution in [1.82, 2.24) is 19.9 Å². The number of aromatic nitrogens is 3. The maximum atomic E-state index is 4.64. The van der Waals surface area contributed by atoms with Crippen LogP contribution in [0.4, 0.5) is 11.8 Å². The van der Waals surface area contributed by atoms with Crippen LogP contribution in [0.25, 0.3) is 11.3 Å². The largest absolute Gasteiger partial charge is 0.366 e. The summed E-state index contributed by atoms with van der Waals surface area (Å²) in [5.41, 5.74) is 2.97. The summed E-state index contributed by atoms with van der Waals surface area (Å²) < 4.78 is 1.06. The molecule has 7 heteroatoms. The van der Waals surface area contributed by atoms with Crippen LogP contribution >= 0.6 is 15.9 Å². The van der Waals surface area contributed by atoms with E-state index in [4.69, 9.17) is 0 Å². The summed E-state index contributed by atoms with van der Waals surface area (Å²) in [5, 5.41) is 6.70. The van der Waals surface area contributed by atoms with E-state index in [1.165, 1.54) is 5.56 Å². The van der Waals surface area contributed by atoms with Crippen LogP contribution in [0.1, 0.15) is 5.56 Å². The molecule has 0 aliphatic carbocycles. The predicted octanol–water partition coefficient (Wildman–Crippen LogP) is 3.89. The second kappa shape index (κ2) is 9.43. The molecule has 0 saturated carbocycles. The minimum Gasteiger partial charge on any atom is -0.366 e. The maximum absolute atomic E-state index is 4.64. The molecule has 0 unspecified atom stereocenters. The van der Waals surface area contributed by atoms with Gasteiger partial charge in [0, 0.05) is 48.1 Å². The Bertz CT molecular complexity index is 869. The number of likely N-dealkylation sites (N-methyl/N-ethyl adjacent to an activating group) is 1. The van der Waals surface area contributed by atoms with E-state index in [9.17, 15) is 0 Å². The zero-order chi connectivity index (χ0) is 19.1. The molecule has 3 aromatic rings. The van der Waals surface area contributed by atoms with Crippen LogP contribution in [0.3, 0.4) is 0 Å². The summed E-state index contributed by atoms with van der Waals surface area (Å²) in [6, 6.07) is 14.1. The molecule has 0 spiro atoms. The fraction of sp³-hybridized carbons (Fsp3) is 0.250. The number of hydrogen-bond donors (Lipinski definition) is 2. The summed E-state index contributed by atoms with van der Waals surface area (Å²) in [6.45, 7) is 2.36. The van der Waals surface area contributed by atoms with Crippen molar-refractivity contribution in [2.75, 3.05) is 37.8 Å². The Morgan fingerprint density at radius 1 is 1.04 bits per heavy atom. The highest BCUT2D eigenvalue weighted by Gasteiger charge is 2.07. The molecule has 0 amide bonds. The minimum atomic E-state index is 0.606. The molecule has 2 aromatic heterocycles. The fourth-order valence-corrected chi connectivity index (χ4v) is 2.96. The van der Waals surface area contributed by atoms with Gasteiger partial charge in [0.2, 0.25) is 5.95 Å². The topological polar surface area (TPSA) is 66.0 Å². The zero-order valence-corrected chi connectivity index (χ0v) is 17.1. The van der Waals surface area contributed by atoms with Gasteiger partial charge in [-0.2, -0.15) is 4.98 Å². The summed E-state index contributed by atoms with van der Waals surface area (Å²) in [5.74, 6) is 1.38. The van der Waals surface area contributed by atoms with Gasteiger partial charge in [-0.05, 0) is 43.9 Å². The number of benzene rings is 1. The molecule has 27 heavy (non-hydrogen) atoms. The Kier molecular flexibility index (Phi) is 6.73. The molecule has 0 radical (unpaired) electrons. The third-order valence-electron chi connectivity index (χ3n) is 3.89. The van der Waals surface area contributed by atoms with Crippen molar-refractivity contribution in [2.24, 2.45) is 0 Å². The van der Waals surface area contributed by atoms with Gasteiger partial charge in [-0.3, -0.25) is 4.98 Å². The van der Waals surface area contributed by atoms with Gasteiger partial charge in [0.1, 0.15) is 5.82 Å². The molecule has 0 fully saturated rings. The Balaban J connectivity index is 1.80. The van der Waals surface area contributed by atoms with E-state index < -0.39 is 0 Å². The second-order valence-corrected chi connectivity index (χ2v) is 7.33. The van der Waals surface area contributed by atoms with Crippen LogP contribution in [0.2, 0.25) is 0 Å². The number of nitrogens with zero attached hydrogens (tertiary/aromatic N) is 4. The normalized spacial score (nSPS) is 10.8. The van der Waals surface area contributed by atoms with Crippen molar-refractivity contribution in [3.63, 3.8) is 0 Å². The summed E-state index contributed by atoms with van der Waals surface area (Å²) in [4.78, 5) is 15.6. The monoisotopic (exact) mass is 426 g/mol. The van der Waals surface area contributed by atoms with Gasteiger partial charge in [0.05, 0.1) is 5.69 Å². The maximum Gasteiger partial charge on any atom is 0.225 e. The quantitative estimate of drug-likeness (QED) is 0.569. The van der Waals surface area contributed by atoms with Gasteiger partial charge in [0.25, 0.3) is 0 Å². The minimum absolute atomic E-state index is 0.606. The first kappa shape index (κ1) is 19.3. The molecule has 140 valence electrons. The standard InChI is InChI=1S/C20H23BrN6/c1-27(2)10-9-23-20-25-18(16-6-4-8-22-14-16)12-19(26-20)24-13-15-5-3-7-17(21)11-15/h3-8,11-12,14H,9-10,13H2,1-2H3,(H2,23,24,25,26). The first-order valence-corrected chi connectivity index (χ1v) is 9.56. The smallest absolute Gasteiger partial charge is 0.225 e. The van der Waals surface area contributed by atoms with Gasteiger partial charge >= 0.3 is 0 Å². The van der Waals surface area contributed by atoms with E-state index in [0.717, 1.165) is 34.6 Å². The van der Waals surface area contributed by atoms with Crippen LogP contribution < -0.4 is 10.6 Å². The summed E-state index contributed by atoms with van der Waals surface area (Å²) in [7, 11) is 4.08. The number of nitrogens with one attached hydrogen (secondary N) is 2. The number of pyridine rings is 1. The van der Waals surface area contributed by atoms with Crippen molar-refractivity contribution in [2.45, 2.75) is 6.54 Å². The van der Waals surface area contributed by atoms with Crippen molar-refractivity contribution < 1.29 is 0 Å². The Morgan fingerprint density at radius 2 is 1.93 bits per heavy atom. The average Bonchev–Trinajstić information content (AvgIpc) is 2.67. The molecule has 6 nitrogen and oxygen atoms in total. The molecule has 2 N–H and O–H groups in total. The lowest BCUT2D eigenvalue weighted by molar-refractivity contribution is 0.425. The van der Waals surface area contributed by atoms with Crippen molar-refractivity contribution >= 4 is 27.7 Å². The van der Waals surface area contributed by atoms with E-state index in [1.807, 2.05) is 50.6 Å². The number of hydrogen-bond acceptors (Lipinski definition) is 6. The van der Waals surface area contributed by atoms with E-state index in [2.05, 4.69) is 58.5 Å². The molecule has 2 heterocycles. The van der Waals surface area contributed by atoms with Crippen LogP contribution in [0.15, 0.2) is 59.3 Å². The van der Waals surface area contributed by atoms with Crippen LogP contribution in [-0.2, 0) is 6.54 Å². The third-order valence-corrected chi connectivity index (χ3v) is 4.38. The Labute approximate surface area is 168 Å². The average molecular weight is 427 g/mol. The second-order valence-electron chi connectivity index (χ2n) is 6.42. The predicted molar refractivity (Wildman–Crippen MR) is 114 cm³/mol. The summed E-state index contributed by atoms with van der Waals surface area (Å²) >= 11 is 3.51. The lowest BCUT2D eigenvalue weighted by Gasteiger charge is -2.13. The van der Waals surface area contributed by atoms with E-state index in [-0.39, 0.29) is 0 Å². The number of halogens is 1. The van der Waals surface area contributed by atoms with Gasteiger partial charge in [-0.1, -0.05) is 28.1 Å². The summed E-state index contributed by atoms with van der Waals surface area (Å²) in [6.07, 6.45) is 3.57. The zero-order valence-electron chi connectivity index (χ0n) is 15.5. The van der Waals surface area contributed by atoms with E-state index >= 15 is 0 Å². The van der Waals surface area contributed by atoms with Crippen LogP contribution in [-0.4, -0.2) is 47.0 Å². The number of rotatable bonds is 8. The molecule has 1 aromatic carbocycles. The van der Waals surface area contributed by atoms with Crippen molar-refractivity contribution in [3.8, 4) is 11.3 Å². The van der Waals surface area contributed by atoms with E-state index in [1.54, 1.807) is 6.20 Å². The Hall–Kier alpha value is -2.51. The lowest BCUT2D eigenvalue weighted by Crippen LogP contribution is -2.21. The highest BCUT2D eigenvalue weighted by Crippen LogP contribution is 2.21. The molecule has 0 bridgehead atoms. The molecule has 0 aliphatic rings. The first-order valence-electron chi connectivity index (χ1n) is 8.76. The highest BCUT2D eigenvalue weighted by molar-refractivity contribution is 9.10. The van der Waals surface area contributed by atoms with Gasteiger partial charge in [-0.25, -0.2) is 4.98 Å². The van der Waals surface area contributed by atoms with Crippen molar-refractivity contribution in [1.29, 1.82) is 0 Å². The van der Waals surface area contributed by atoms with E-state index in [0.29, 0.717) is 12.5 Å². The number of anilines is 2.